The molecule has 12 heteroatoms. The molecular formula is C26H25F2N9O. The monoisotopic (exact) mass is 517 g/mol. The Balaban J connectivity index is 1.53. The first-order chi connectivity index (χ1) is 18.3. The van der Waals surface area contributed by atoms with Crippen molar-refractivity contribution >= 4 is 16.9 Å². The molecule has 3 aromatic rings. The molecule has 1 unspecified atom stereocenters. The number of hydrazone groups is 1. The maximum atomic E-state index is 15.5. The second-order valence-corrected chi connectivity index (χ2v) is 9.50. The molecule has 1 aliphatic heterocycles. The summed E-state index contributed by atoms with van der Waals surface area (Å²) in [6.45, 7) is 3.05. The lowest BCUT2D eigenvalue weighted by atomic mass is 10.0. The highest BCUT2D eigenvalue weighted by Crippen LogP contribution is 2.51. The zero-order valence-corrected chi connectivity index (χ0v) is 20.7. The van der Waals surface area contributed by atoms with Crippen LogP contribution in [0.25, 0.3) is 5.52 Å². The molecule has 2 fully saturated rings. The Morgan fingerprint density at radius 2 is 2.03 bits per heavy atom. The number of pyridine rings is 2. The lowest BCUT2D eigenvalue weighted by Crippen LogP contribution is -2.32. The molecule has 5 rings (SSSR count). The van der Waals surface area contributed by atoms with Gasteiger partial charge in [0, 0.05) is 24.8 Å². The van der Waals surface area contributed by atoms with Crippen LogP contribution in [0.2, 0.25) is 0 Å². The van der Waals surface area contributed by atoms with E-state index >= 15 is 4.39 Å². The number of fused-ring (bicyclic) bond motifs is 1. The van der Waals surface area contributed by atoms with Crippen LogP contribution in [0.4, 0.5) is 8.78 Å². The van der Waals surface area contributed by atoms with Crippen LogP contribution in [0.3, 0.4) is 0 Å². The lowest BCUT2D eigenvalue weighted by molar-refractivity contribution is 0.0799. The minimum Gasteiger partial charge on any atom is -0.478 e. The molecule has 10 nitrogen and oxygen atoms in total. The molecule has 3 aromatic heterocycles. The third-order valence-electron chi connectivity index (χ3n) is 6.89. The van der Waals surface area contributed by atoms with E-state index in [1.165, 1.54) is 22.8 Å². The summed E-state index contributed by atoms with van der Waals surface area (Å²) in [5, 5.41) is 27.0. The van der Waals surface area contributed by atoms with E-state index in [9.17, 15) is 9.65 Å². The van der Waals surface area contributed by atoms with E-state index in [0.717, 1.165) is 19.0 Å². The lowest BCUT2D eigenvalue weighted by Gasteiger charge is -2.26. The van der Waals surface area contributed by atoms with Crippen LogP contribution in [0.5, 0.6) is 5.75 Å². The molecule has 0 spiro atoms. The second-order valence-electron chi connectivity index (χ2n) is 9.50. The van der Waals surface area contributed by atoms with Crippen molar-refractivity contribution in [1.82, 2.24) is 19.5 Å². The Labute approximate surface area is 217 Å². The number of nitriles is 2. The number of likely N-dealkylation sites (tertiary alicyclic amines) is 1. The summed E-state index contributed by atoms with van der Waals surface area (Å²) in [5.41, 5.74) is 0.623. The molecule has 1 atom stereocenters. The molecule has 0 amide bonds. The second kappa shape index (κ2) is 10.1. The average Bonchev–Trinajstić information content (AvgIpc) is 3.53. The van der Waals surface area contributed by atoms with E-state index in [0.29, 0.717) is 35.6 Å². The maximum absolute atomic E-state index is 15.5. The number of hydrogen-bond donors (Lipinski definition) is 1. The molecular weight excluding hydrogens is 492 g/mol. The fraction of sp³-hybridized carbons (Fsp3) is 0.385. The number of rotatable bonds is 7. The number of nitrogens with two attached hydrogens (primary N) is 1. The Kier molecular flexibility index (Phi) is 6.64. The molecule has 4 heterocycles. The van der Waals surface area contributed by atoms with Gasteiger partial charge in [-0.2, -0.15) is 20.7 Å². The van der Waals surface area contributed by atoms with Gasteiger partial charge in [0.25, 0.3) is 0 Å². The molecule has 1 saturated heterocycles. The molecule has 38 heavy (non-hydrogen) atoms. The highest BCUT2D eigenvalue weighted by molar-refractivity contribution is 6.47. The third kappa shape index (κ3) is 4.85. The minimum absolute atomic E-state index is 0.0147. The molecule has 1 aliphatic carbocycles. The number of aliphatic imine (C=N–C) groups is 1. The van der Waals surface area contributed by atoms with Crippen molar-refractivity contribution in [3.8, 4) is 18.0 Å². The number of aromatic nitrogens is 3. The van der Waals surface area contributed by atoms with E-state index in [1.807, 2.05) is 0 Å². The van der Waals surface area contributed by atoms with Crippen LogP contribution in [0.1, 0.15) is 55.5 Å². The maximum Gasteiger partial charge on any atom is 0.179 e. The number of nitrogens with zero attached hydrogens (tertiary/aromatic N) is 8. The van der Waals surface area contributed by atoms with Crippen molar-refractivity contribution in [1.29, 1.82) is 10.5 Å². The normalized spacial score (nSPS) is 18.6. The minimum atomic E-state index is -1.68. The van der Waals surface area contributed by atoms with Crippen molar-refractivity contribution in [2.24, 2.45) is 15.9 Å². The summed E-state index contributed by atoms with van der Waals surface area (Å²) in [6.07, 6.45) is 7.08. The summed E-state index contributed by atoms with van der Waals surface area (Å²) in [6, 6.07) is 6.32. The fourth-order valence-electron chi connectivity index (χ4n) is 4.67. The zero-order valence-electron chi connectivity index (χ0n) is 20.7. The van der Waals surface area contributed by atoms with Gasteiger partial charge in [-0.1, -0.05) is 0 Å². The Morgan fingerprint density at radius 3 is 2.63 bits per heavy atom. The summed E-state index contributed by atoms with van der Waals surface area (Å²) in [5.74, 6) is 5.44. The van der Waals surface area contributed by atoms with Crippen LogP contribution in [-0.2, 0) is 0 Å². The Hall–Kier alpha value is -4.58. The van der Waals surface area contributed by atoms with Crippen molar-refractivity contribution in [3.05, 3.63) is 59.4 Å². The van der Waals surface area contributed by atoms with Gasteiger partial charge in [0.15, 0.2) is 18.0 Å². The van der Waals surface area contributed by atoms with Crippen molar-refractivity contribution in [2.75, 3.05) is 13.1 Å². The molecule has 0 aromatic carbocycles. The fourth-order valence-corrected chi connectivity index (χ4v) is 4.67. The smallest absolute Gasteiger partial charge is 0.179 e. The number of hydrogen-bond acceptors (Lipinski definition) is 9. The topological polar surface area (TPSA) is 141 Å². The van der Waals surface area contributed by atoms with Crippen LogP contribution in [0, 0.1) is 28.6 Å². The van der Waals surface area contributed by atoms with Gasteiger partial charge in [0.05, 0.1) is 29.8 Å². The van der Waals surface area contributed by atoms with Crippen LogP contribution in [0.15, 0.2) is 46.9 Å². The summed E-state index contributed by atoms with van der Waals surface area (Å²) < 4.78 is 36.7. The molecule has 0 radical (unpaired) electrons. The molecule has 194 valence electrons. The van der Waals surface area contributed by atoms with Crippen LogP contribution >= 0.6 is 0 Å². The van der Waals surface area contributed by atoms with E-state index in [-0.39, 0.29) is 35.9 Å². The highest BCUT2D eigenvalue weighted by atomic mass is 19.1. The van der Waals surface area contributed by atoms with Crippen molar-refractivity contribution in [3.63, 3.8) is 0 Å². The van der Waals surface area contributed by atoms with Gasteiger partial charge >= 0.3 is 0 Å². The molecule has 0 bridgehead atoms. The highest BCUT2D eigenvalue weighted by Gasteiger charge is 2.53. The number of ether oxygens (including phenoxy) is 1. The number of alkyl halides is 1. The SMILES string of the molecule is CC(=NC1CCN(C#N)CC1)/C(=N\N)c1cc(OC(c2ccc(F)cn2)C2(F)CC2)c2c(C#N)cnn2c1. The van der Waals surface area contributed by atoms with Gasteiger partial charge in [-0.15, -0.1) is 0 Å². The van der Waals surface area contributed by atoms with Gasteiger partial charge in [-0.25, -0.2) is 13.3 Å². The predicted molar refractivity (Wildman–Crippen MR) is 135 cm³/mol. The third-order valence-corrected chi connectivity index (χ3v) is 6.89. The van der Waals surface area contributed by atoms with E-state index in [4.69, 9.17) is 20.8 Å². The molecule has 2 aliphatic rings. The zero-order chi connectivity index (χ0) is 26.9. The Bertz CT molecular complexity index is 1490. The first-order valence-corrected chi connectivity index (χ1v) is 12.2. The number of piperidine rings is 1. The summed E-state index contributed by atoms with van der Waals surface area (Å²) in [7, 11) is 0. The standard InChI is InChI=1S/C26H25F2N9O/c1-16(34-20-4-8-36(15-30)9-5-20)23(35-31)17-10-22(24-18(11-29)12-33-37(24)14-17)38-25(26(28)6-7-26)21-3-2-19(27)13-32-21/h2-3,10,12-14,20,25H,4-9,31H2,1H3/b34-16?,35-23+. The Morgan fingerprint density at radius 1 is 1.26 bits per heavy atom. The van der Waals surface area contributed by atoms with E-state index < -0.39 is 17.6 Å². The predicted octanol–water partition coefficient (Wildman–Crippen LogP) is 3.43. The largest absolute Gasteiger partial charge is 0.478 e. The summed E-state index contributed by atoms with van der Waals surface area (Å²) >= 11 is 0. The molecule has 1 saturated carbocycles. The van der Waals surface area contributed by atoms with Gasteiger partial charge in [0.2, 0.25) is 0 Å². The summed E-state index contributed by atoms with van der Waals surface area (Å²) in [4.78, 5) is 10.5. The van der Waals surface area contributed by atoms with Crippen molar-refractivity contribution < 1.29 is 13.5 Å². The quantitative estimate of drug-likeness (QED) is 0.219. The van der Waals surface area contributed by atoms with Gasteiger partial charge in [0.1, 0.15) is 34.4 Å². The van der Waals surface area contributed by atoms with E-state index in [1.54, 1.807) is 24.1 Å². The van der Waals surface area contributed by atoms with Crippen LogP contribution < -0.4 is 10.6 Å². The first kappa shape index (κ1) is 25.1. The van der Waals surface area contributed by atoms with E-state index in [2.05, 4.69) is 27.4 Å². The van der Waals surface area contributed by atoms with Gasteiger partial charge in [-0.3, -0.25) is 9.98 Å². The molecule has 2 N–H and O–H groups in total. The number of halogens is 2. The van der Waals surface area contributed by atoms with Crippen LogP contribution in [-0.4, -0.2) is 55.7 Å². The van der Waals surface area contributed by atoms with Gasteiger partial charge < -0.3 is 15.5 Å². The first-order valence-electron chi connectivity index (χ1n) is 12.2. The van der Waals surface area contributed by atoms with Gasteiger partial charge in [-0.05, 0) is 50.8 Å². The average molecular weight is 518 g/mol. The van der Waals surface area contributed by atoms with Crippen molar-refractivity contribution in [2.45, 2.75) is 50.4 Å².